The fourth-order valence-corrected chi connectivity index (χ4v) is 6.87. The molecule has 0 unspecified atom stereocenters. The van der Waals surface area contributed by atoms with E-state index in [-0.39, 0.29) is 16.7 Å². The minimum Gasteiger partial charge on any atom is -0.321 e. The lowest BCUT2D eigenvalue weighted by molar-refractivity contribution is 0.102. The Kier molecular flexibility index (Phi) is 6.59. The van der Waals surface area contributed by atoms with Gasteiger partial charge in [0.05, 0.1) is 15.4 Å². The zero-order chi connectivity index (χ0) is 24.6. The van der Waals surface area contributed by atoms with Crippen molar-refractivity contribution in [2.75, 3.05) is 18.4 Å². The monoisotopic (exact) mass is 526 g/mol. The summed E-state index contributed by atoms with van der Waals surface area (Å²) in [7, 11) is -3.60. The number of fused-ring (bicyclic) bond motifs is 1. The van der Waals surface area contributed by atoms with Crippen LogP contribution in [-0.4, -0.2) is 41.7 Å². The Morgan fingerprint density at radius 2 is 1.94 bits per heavy atom. The first-order valence-electron chi connectivity index (χ1n) is 11.2. The van der Waals surface area contributed by atoms with Crippen LogP contribution in [-0.2, 0) is 10.0 Å². The van der Waals surface area contributed by atoms with Gasteiger partial charge >= 0.3 is 0 Å². The zero-order valence-electron chi connectivity index (χ0n) is 18.9. The second-order valence-electron chi connectivity index (χ2n) is 8.53. The molecule has 1 saturated heterocycles. The molecular weight excluding hydrogens is 504 g/mol. The van der Waals surface area contributed by atoms with Crippen LogP contribution < -0.4 is 5.32 Å². The Morgan fingerprint density at radius 3 is 2.71 bits per heavy atom. The number of piperidine rings is 1. The first kappa shape index (κ1) is 23.9. The van der Waals surface area contributed by atoms with Gasteiger partial charge in [0.25, 0.3) is 5.91 Å². The second kappa shape index (κ2) is 9.66. The number of aromatic nitrogens is 2. The average Bonchev–Trinajstić information content (AvgIpc) is 3.36. The van der Waals surface area contributed by atoms with Gasteiger partial charge < -0.3 is 5.32 Å². The molecule has 1 N–H and O–H groups in total. The van der Waals surface area contributed by atoms with Gasteiger partial charge in [0.1, 0.15) is 5.69 Å². The number of carbonyl (C=O) groups excluding carboxylic acids is 1. The number of nitrogens with zero attached hydrogens (tertiary/aromatic N) is 3. The van der Waals surface area contributed by atoms with E-state index < -0.39 is 10.0 Å². The van der Waals surface area contributed by atoms with E-state index in [0.29, 0.717) is 42.3 Å². The largest absolute Gasteiger partial charge is 0.321 e. The number of rotatable bonds is 5. The summed E-state index contributed by atoms with van der Waals surface area (Å²) in [4.78, 5) is 21.8. The number of pyridine rings is 1. The molecule has 180 valence electrons. The summed E-state index contributed by atoms with van der Waals surface area (Å²) in [6.07, 6.45) is 3.02. The van der Waals surface area contributed by atoms with Gasteiger partial charge in [-0.05, 0) is 61.7 Å². The van der Waals surface area contributed by atoms with E-state index in [1.165, 1.54) is 21.7 Å². The average molecular weight is 527 g/mol. The van der Waals surface area contributed by atoms with Gasteiger partial charge in [-0.25, -0.2) is 13.4 Å². The van der Waals surface area contributed by atoms with Crippen LogP contribution in [0.25, 0.3) is 10.9 Å². The molecule has 0 saturated carbocycles. The van der Waals surface area contributed by atoms with E-state index in [2.05, 4.69) is 15.3 Å². The second-order valence-corrected chi connectivity index (χ2v) is 11.8. The smallest absolute Gasteiger partial charge is 0.275 e. The number of hydrogen-bond acceptors (Lipinski definition) is 6. The minimum atomic E-state index is -3.60. The third kappa shape index (κ3) is 4.95. The van der Waals surface area contributed by atoms with E-state index in [1.54, 1.807) is 23.7 Å². The van der Waals surface area contributed by atoms with Gasteiger partial charge in [-0.1, -0.05) is 23.7 Å². The maximum atomic E-state index is 13.0. The highest BCUT2D eigenvalue weighted by Gasteiger charge is 2.31. The first-order chi connectivity index (χ1) is 16.8. The molecule has 2 aromatic carbocycles. The molecule has 7 nitrogen and oxygen atoms in total. The van der Waals surface area contributed by atoms with Crippen LogP contribution in [0.5, 0.6) is 0 Å². The number of halogens is 1. The standard InChI is InChI=1S/C25H23ClN4O3S2/c1-16-4-6-20(14-21(16)26)35(32,33)30-11-8-17(9-12-30)25-29-23(15-34-25)24(31)28-19-5-7-22-18(13-19)3-2-10-27-22/h2-7,10,13-15,17H,8-9,11-12H2,1H3,(H,28,31). The van der Waals surface area contributed by atoms with Crippen molar-refractivity contribution in [1.29, 1.82) is 0 Å². The van der Waals surface area contributed by atoms with Crippen molar-refractivity contribution in [1.82, 2.24) is 14.3 Å². The summed E-state index contributed by atoms with van der Waals surface area (Å²) in [5.74, 6) is -0.159. The molecular formula is C25H23ClN4O3S2. The summed E-state index contributed by atoms with van der Waals surface area (Å²) in [6.45, 7) is 2.63. The molecule has 4 aromatic rings. The normalized spacial score (nSPS) is 15.4. The Balaban J connectivity index is 1.23. The molecule has 5 rings (SSSR count). The van der Waals surface area contributed by atoms with Crippen molar-refractivity contribution < 1.29 is 13.2 Å². The molecule has 10 heteroatoms. The van der Waals surface area contributed by atoms with E-state index in [4.69, 9.17) is 11.6 Å². The highest BCUT2D eigenvalue weighted by Crippen LogP contribution is 2.33. The molecule has 0 radical (unpaired) electrons. The van der Waals surface area contributed by atoms with Gasteiger partial charge in [0.2, 0.25) is 10.0 Å². The lowest BCUT2D eigenvalue weighted by Gasteiger charge is -2.30. The third-order valence-electron chi connectivity index (χ3n) is 6.20. The summed E-state index contributed by atoms with van der Waals surface area (Å²) >= 11 is 7.58. The Morgan fingerprint density at radius 1 is 1.14 bits per heavy atom. The third-order valence-corrected chi connectivity index (χ3v) is 9.51. The number of aryl methyl sites for hydroxylation is 1. The van der Waals surface area contributed by atoms with Crippen LogP contribution in [0.2, 0.25) is 5.02 Å². The van der Waals surface area contributed by atoms with E-state index >= 15 is 0 Å². The molecule has 1 amide bonds. The van der Waals surface area contributed by atoms with Crippen LogP contribution in [0.3, 0.4) is 0 Å². The number of hydrogen-bond donors (Lipinski definition) is 1. The Hall–Kier alpha value is -2.85. The predicted molar refractivity (Wildman–Crippen MR) is 139 cm³/mol. The predicted octanol–water partition coefficient (Wildman–Crippen LogP) is 5.47. The number of benzene rings is 2. The maximum Gasteiger partial charge on any atom is 0.275 e. The first-order valence-corrected chi connectivity index (χ1v) is 13.9. The molecule has 1 fully saturated rings. The topological polar surface area (TPSA) is 92.3 Å². The molecule has 0 atom stereocenters. The van der Waals surface area contributed by atoms with Crippen molar-refractivity contribution in [3.05, 3.63) is 81.4 Å². The number of anilines is 1. The van der Waals surface area contributed by atoms with Crippen molar-refractivity contribution in [2.45, 2.75) is 30.6 Å². The number of nitrogens with one attached hydrogen (secondary N) is 1. The lowest BCUT2D eigenvalue weighted by Crippen LogP contribution is -2.37. The summed E-state index contributed by atoms with van der Waals surface area (Å²) in [6, 6.07) is 14.2. The van der Waals surface area contributed by atoms with Crippen molar-refractivity contribution in [3.63, 3.8) is 0 Å². The van der Waals surface area contributed by atoms with Crippen LogP contribution in [0.4, 0.5) is 5.69 Å². The number of thiazole rings is 1. The summed E-state index contributed by atoms with van der Waals surface area (Å²) in [5.41, 5.74) is 2.74. The number of carbonyl (C=O) groups is 1. The molecule has 2 aromatic heterocycles. The van der Waals surface area contributed by atoms with Crippen LogP contribution in [0.15, 0.2) is 65.0 Å². The molecule has 35 heavy (non-hydrogen) atoms. The van der Waals surface area contributed by atoms with E-state index in [0.717, 1.165) is 21.5 Å². The SMILES string of the molecule is Cc1ccc(S(=O)(=O)N2CCC(c3nc(C(=O)Nc4ccc5ncccc5c4)cs3)CC2)cc1Cl. The van der Waals surface area contributed by atoms with Crippen LogP contribution in [0, 0.1) is 6.92 Å². The molecule has 0 bridgehead atoms. The highest BCUT2D eigenvalue weighted by molar-refractivity contribution is 7.89. The Labute approximate surface area is 212 Å². The quantitative estimate of drug-likeness (QED) is 0.372. The van der Waals surface area contributed by atoms with Gasteiger partial charge in [0, 0.05) is 46.7 Å². The summed E-state index contributed by atoms with van der Waals surface area (Å²) in [5, 5.41) is 6.89. The highest BCUT2D eigenvalue weighted by atomic mass is 35.5. The number of sulfonamides is 1. The molecule has 0 spiro atoms. The maximum absolute atomic E-state index is 13.0. The number of amides is 1. The van der Waals surface area contributed by atoms with E-state index in [1.807, 2.05) is 37.3 Å². The summed E-state index contributed by atoms with van der Waals surface area (Å²) < 4.78 is 27.6. The molecule has 1 aliphatic rings. The lowest BCUT2D eigenvalue weighted by atomic mass is 9.99. The van der Waals surface area contributed by atoms with Gasteiger partial charge in [0.15, 0.2) is 0 Å². The van der Waals surface area contributed by atoms with Crippen molar-refractivity contribution >= 4 is 55.5 Å². The van der Waals surface area contributed by atoms with Crippen molar-refractivity contribution in [2.24, 2.45) is 0 Å². The molecule has 0 aliphatic carbocycles. The minimum absolute atomic E-state index is 0.112. The molecule has 1 aliphatic heterocycles. The van der Waals surface area contributed by atoms with E-state index in [9.17, 15) is 13.2 Å². The van der Waals surface area contributed by atoms with Crippen LogP contribution >= 0.6 is 22.9 Å². The molecule has 3 heterocycles. The van der Waals surface area contributed by atoms with Gasteiger partial charge in [-0.3, -0.25) is 9.78 Å². The zero-order valence-corrected chi connectivity index (χ0v) is 21.3. The fraction of sp³-hybridized carbons (Fsp3) is 0.240. The van der Waals surface area contributed by atoms with Gasteiger partial charge in [-0.15, -0.1) is 11.3 Å². The van der Waals surface area contributed by atoms with Crippen LogP contribution in [0.1, 0.15) is 39.8 Å². The van der Waals surface area contributed by atoms with Crippen molar-refractivity contribution in [3.8, 4) is 0 Å². The Bertz CT molecular complexity index is 1510. The fourth-order valence-electron chi connectivity index (χ4n) is 4.15. The van der Waals surface area contributed by atoms with Gasteiger partial charge in [-0.2, -0.15) is 4.31 Å².